The molecule has 0 aromatic rings. The van der Waals surface area contributed by atoms with Crippen LogP contribution in [0.4, 0.5) is 0 Å². The minimum Gasteiger partial charge on any atom is -0.481 e. The first-order valence-corrected chi connectivity index (χ1v) is 11.9. The Hall–Kier alpha value is 0.421. The molecule has 2 N–H and O–H groups in total. The summed E-state index contributed by atoms with van der Waals surface area (Å²) in [5.74, 6) is -1.45. The zero-order chi connectivity index (χ0) is 21.5. The third-order valence-electron chi connectivity index (χ3n) is 5.33. The van der Waals surface area contributed by atoms with Crippen molar-refractivity contribution in [3.63, 3.8) is 0 Å². The fourth-order valence-corrected chi connectivity index (χ4v) is 3.29. The van der Waals surface area contributed by atoms with Gasteiger partial charge < -0.3 is 10.2 Å². The van der Waals surface area contributed by atoms with Gasteiger partial charge in [-0.1, -0.05) is 111 Å². The Morgan fingerprint density at radius 2 is 0.867 bits per heavy atom. The molecule has 0 aromatic carbocycles. The molecule has 6 heteroatoms. The molecule has 190 valence electrons. The molecular formula is C24H48Ag2O4. The maximum atomic E-state index is 10.3. The molecule has 0 spiro atoms. The number of hydrogen-bond donors (Lipinski definition) is 2. The summed E-state index contributed by atoms with van der Waals surface area (Å²) in [6.45, 7) is 6.05. The minimum absolute atomic E-state index is 0. The van der Waals surface area contributed by atoms with E-state index >= 15 is 0 Å². The Labute approximate surface area is 217 Å². The van der Waals surface area contributed by atoms with E-state index in [1.807, 2.05) is 13.8 Å². The zero-order valence-corrected chi connectivity index (χ0v) is 22.6. The molecule has 0 amide bonds. The maximum absolute atomic E-state index is 10.3. The average Bonchev–Trinajstić information content (AvgIpc) is 2.66. The molecule has 30 heavy (non-hydrogen) atoms. The van der Waals surface area contributed by atoms with Crippen LogP contribution in [0.15, 0.2) is 0 Å². The van der Waals surface area contributed by atoms with Gasteiger partial charge in [0.25, 0.3) is 0 Å². The van der Waals surface area contributed by atoms with E-state index in [1.54, 1.807) is 0 Å². The van der Waals surface area contributed by atoms with E-state index in [1.165, 1.54) is 83.5 Å². The van der Waals surface area contributed by atoms with Gasteiger partial charge in [-0.05, 0) is 19.3 Å². The van der Waals surface area contributed by atoms with Crippen molar-refractivity contribution >= 4 is 11.9 Å². The summed E-state index contributed by atoms with van der Waals surface area (Å²) in [6, 6.07) is 0. The smallest absolute Gasteiger partial charge is 0.306 e. The Morgan fingerprint density at radius 1 is 0.567 bits per heavy atom. The summed E-state index contributed by atoms with van der Waals surface area (Å²) in [5.41, 5.74) is 0. The van der Waals surface area contributed by atoms with E-state index in [0.717, 1.165) is 25.7 Å². The first-order chi connectivity index (χ1) is 13.5. The number of rotatable bonds is 19. The van der Waals surface area contributed by atoms with E-state index < -0.39 is 11.9 Å². The van der Waals surface area contributed by atoms with Crippen LogP contribution in [0.3, 0.4) is 0 Å². The van der Waals surface area contributed by atoms with Crippen LogP contribution in [0.5, 0.6) is 0 Å². The largest absolute Gasteiger partial charge is 0.481 e. The summed E-state index contributed by atoms with van der Waals surface area (Å²) < 4.78 is 0. The van der Waals surface area contributed by atoms with Crippen molar-refractivity contribution in [1.82, 2.24) is 0 Å². The Balaban J connectivity index is -0.000000288. The first-order valence-electron chi connectivity index (χ1n) is 11.9. The molecule has 0 atom stereocenters. The van der Waals surface area contributed by atoms with Crippen molar-refractivity contribution in [1.29, 1.82) is 0 Å². The van der Waals surface area contributed by atoms with Crippen LogP contribution < -0.4 is 0 Å². The van der Waals surface area contributed by atoms with Crippen molar-refractivity contribution in [2.75, 3.05) is 0 Å². The molecule has 4 nitrogen and oxygen atoms in total. The normalized spacial score (nSPS) is 9.87. The molecule has 0 saturated heterocycles. The zero-order valence-electron chi connectivity index (χ0n) is 19.6. The van der Waals surface area contributed by atoms with Crippen LogP contribution in [0.1, 0.15) is 136 Å². The van der Waals surface area contributed by atoms with E-state index in [-0.39, 0.29) is 50.7 Å². The quantitative estimate of drug-likeness (QED) is 0.115. The third-order valence-corrected chi connectivity index (χ3v) is 5.33. The molecule has 0 aliphatic carbocycles. The van der Waals surface area contributed by atoms with Crippen molar-refractivity contribution < 1.29 is 64.6 Å². The topological polar surface area (TPSA) is 74.6 Å². The fraction of sp³-hybridized carbons (Fsp3) is 0.917. The molecule has 0 aliphatic rings. The average molecular weight is 616 g/mol. The second-order valence-electron chi connectivity index (χ2n) is 7.95. The van der Waals surface area contributed by atoms with Gasteiger partial charge in [-0.3, -0.25) is 9.59 Å². The standard InChI is InChI=1S/C18H36O2.C6H12O2.2Ag/c1-2-3-4-5-6-7-8-9-10-11-12-13-14-15-16-17-18(19)20;1-3-5(4-2)6(7)8;;/h2-17H2,1H3,(H,19,20);5H,3-4H2,1-2H3,(H,7,8);;. The minimum atomic E-state index is -0.671. The van der Waals surface area contributed by atoms with Gasteiger partial charge in [0.05, 0.1) is 5.92 Å². The number of unbranched alkanes of at least 4 members (excludes halogenated alkanes) is 14. The van der Waals surface area contributed by atoms with Crippen LogP contribution in [0, 0.1) is 5.92 Å². The molecule has 0 aromatic heterocycles. The monoisotopic (exact) mass is 614 g/mol. The summed E-state index contributed by atoms with van der Waals surface area (Å²) in [4.78, 5) is 20.5. The number of carbonyl (C=O) groups is 2. The molecular weight excluding hydrogens is 568 g/mol. The van der Waals surface area contributed by atoms with E-state index in [2.05, 4.69) is 6.92 Å². The molecule has 2 radical (unpaired) electrons. The predicted octanol–water partition coefficient (Wildman–Crippen LogP) is 7.83. The number of aliphatic carboxylic acids is 2. The summed E-state index contributed by atoms with van der Waals surface area (Å²) >= 11 is 0. The van der Waals surface area contributed by atoms with Crippen molar-refractivity contribution in [3.05, 3.63) is 0 Å². The van der Waals surface area contributed by atoms with Crippen molar-refractivity contribution in [2.24, 2.45) is 5.92 Å². The summed E-state index contributed by atoms with van der Waals surface area (Å²) in [5, 5.41) is 16.9. The van der Waals surface area contributed by atoms with Gasteiger partial charge in [0.2, 0.25) is 0 Å². The first kappa shape index (κ1) is 37.7. The van der Waals surface area contributed by atoms with Crippen LogP contribution in [0.2, 0.25) is 0 Å². The Bertz CT molecular complexity index is 348. The van der Waals surface area contributed by atoms with Crippen molar-refractivity contribution in [2.45, 2.75) is 136 Å². The predicted molar refractivity (Wildman–Crippen MR) is 119 cm³/mol. The second kappa shape index (κ2) is 31.6. The van der Waals surface area contributed by atoms with Gasteiger partial charge in [-0.2, -0.15) is 0 Å². The number of carboxylic acids is 2. The number of hydrogen-bond acceptors (Lipinski definition) is 2. The summed E-state index contributed by atoms with van der Waals surface area (Å²) in [6.07, 6.45) is 21.7. The molecule has 0 fully saturated rings. The van der Waals surface area contributed by atoms with E-state index in [9.17, 15) is 9.59 Å². The molecule has 0 unspecified atom stereocenters. The SMILES string of the molecule is CCC(CC)C(=O)O.CCCCCCCCCCCCCCCCCC(=O)O.[Ag].[Ag]. The van der Waals surface area contributed by atoms with Gasteiger partial charge in [-0.15, -0.1) is 0 Å². The van der Waals surface area contributed by atoms with Crippen LogP contribution in [-0.2, 0) is 54.3 Å². The second-order valence-corrected chi connectivity index (χ2v) is 7.95. The van der Waals surface area contributed by atoms with E-state index in [0.29, 0.717) is 6.42 Å². The van der Waals surface area contributed by atoms with Crippen LogP contribution in [0.25, 0.3) is 0 Å². The Kier molecular flexibility index (Phi) is 39.7. The molecule has 0 aliphatic heterocycles. The van der Waals surface area contributed by atoms with Crippen molar-refractivity contribution in [3.8, 4) is 0 Å². The maximum Gasteiger partial charge on any atom is 0.306 e. The van der Waals surface area contributed by atoms with Gasteiger partial charge in [-0.25, -0.2) is 0 Å². The Morgan fingerprint density at radius 3 is 1.07 bits per heavy atom. The summed E-state index contributed by atoms with van der Waals surface area (Å²) in [7, 11) is 0. The molecule has 0 heterocycles. The fourth-order valence-electron chi connectivity index (χ4n) is 3.29. The van der Waals surface area contributed by atoms with Gasteiger partial charge in [0.15, 0.2) is 0 Å². The third kappa shape index (κ3) is 33.1. The van der Waals surface area contributed by atoms with Gasteiger partial charge >= 0.3 is 11.9 Å². The molecule has 0 bridgehead atoms. The van der Waals surface area contributed by atoms with Crippen LogP contribution in [-0.4, -0.2) is 22.2 Å². The van der Waals surface area contributed by atoms with Gasteiger partial charge in [0.1, 0.15) is 0 Å². The van der Waals surface area contributed by atoms with Crippen LogP contribution >= 0.6 is 0 Å². The number of carboxylic acid groups (broad SMARTS) is 2. The van der Waals surface area contributed by atoms with E-state index in [4.69, 9.17) is 10.2 Å². The molecule has 0 rings (SSSR count). The molecule has 0 saturated carbocycles. The van der Waals surface area contributed by atoms with Gasteiger partial charge in [0, 0.05) is 51.2 Å².